The molecule has 15 heavy (non-hydrogen) atoms. The third-order valence-corrected chi connectivity index (χ3v) is 3.00. The smallest absolute Gasteiger partial charge is 0.251 e. The van der Waals surface area contributed by atoms with E-state index >= 15 is 0 Å². The molecule has 1 amide bonds. The van der Waals surface area contributed by atoms with E-state index < -0.39 is 0 Å². The van der Waals surface area contributed by atoms with Crippen molar-refractivity contribution in [3.05, 3.63) is 35.4 Å². The number of benzene rings is 1. The third-order valence-electron chi connectivity index (χ3n) is 3.00. The maximum Gasteiger partial charge on any atom is 0.251 e. The number of hydrogen-bond donors (Lipinski definition) is 1. The first kappa shape index (κ1) is 10.2. The largest absolute Gasteiger partial charge is 0.349 e. The Morgan fingerprint density at radius 3 is 2.47 bits per heavy atom. The molecule has 1 aromatic carbocycles. The van der Waals surface area contributed by atoms with E-state index in [1.54, 1.807) is 0 Å². The molecule has 1 fully saturated rings. The number of carbonyl (C=O) groups excluding carboxylic acids is 1. The average Bonchev–Trinajstić information content (AvgIpc) is 3.01. The van der Waals surface area contributed by atoms with Gasteiger partial charge < -0.3 is 5.32 Å². The van der Waals surface area contributed by atoms with Crippen LogP contribution in [-0.4, -0.2) is 11.9 Å². The van der Waals surface area contributed by atoms with E-state index in [4.69, 9.17) is 0 Å². The normalized spacial score (nSPS) is 17.2. The standard InChI is InChI=1S/C13H17NO/c1-9-3-5-12(6-4-9)13(15)14-10(2)11-7-8-11/h3-6,10-11H,7-8H2,1-2H3,(H,14,15). The van der Waals surface area contributed by atoms with Crippen LogP contribution in [0.25, 0.3) is 0 Å². The number of hydrogen-bond acceptors (Lipinski definition) is 1. The molecular weight excluding hydrogens is 186 g/mol. The van der Waals surface area contributed by atoms with E-state index in [0.29, 0.717) is 12.0 Å². The van der Waals surface area contributed by atoms with Gasteiger partial charge in [0.1, 0.15) is 0 Å². The van der Waals surface area contributed by atoms with Crippen molar-refractivity contribution in [2.24, 2.45) is 5.92 Å². The molecule has 1 aromatic rings. The molecule has 1 aliphatic carbocycles. The summed E-state index contributed by atoms with van der Waals surface area (Å²) in [6, 6.07) is 8.01. The van der Waals surface area contributed by atoms with Gasteiger partial charge in [-0.05, 0) is 44.7 Å². The summed E-state index contributed by atoms with van der Waals surface area (Å²) in [6.07, 6.45) is 2.52. The van der Waals surface area contributed by atoms with Crippen LogP contribution in [0, 0.1) is 12.8 Å². The van der Waals surface area contributed by atoms with Crippen molar-refractivity contribution in [3.8, 4) is 0 Å². The van der Waals surface area contributed by atoms with Gasteiger partial charge in [0, 0.05) is 11.6 Å². The minimum atomic E-state index is 0.0504. The highest BCUT2D eigenvalue weighted by Gasteiger charge is 2.28. The van der Waals surface area contributed by atoms with Gasteiger partial charge in [0.2, 0.25) is 0 Å². The summed E-state index contributed by atoms with van der Waals surface area (Å²) >= 11 is 0. The molecule has 0 heterocycles. The molecule has 1 saturated carbocycles. The zero-order valence-electron chi connectivity index (χ0n) is 9.29. The highest BCUT2D eigenvalue weighted by Crippen LogP contribution is 2.32. The second-order valence-corrected chi connectivity index (χ2v) is 4.47. The van der Waals surface area contributed by atoms with Crippen molar-refractivity contribution < 1.29 is 4.79 Å². The van der Waals surface area contributed by atoms with Crippen LogP contribution in [0.15, 0.2) is 24.3 Å². The van der Waals surface area contributed by atoms with Gasteiger partial charge in [0.05, 0.1) is 0 Å². The van der Waals surface area contributed by atoms with Crippen LogP contribution in [0.4, 0.5) is 0 Å². The molecule has 2 heteroatoms. The number of rotatable bonds is 3. The summed E-state index contributed by atoms with van der Waals surface area (Å²) in [5, 5.41) is 3.04. The first-order valence-corrected chi connectivity index (χ1v) is 5.54. The fourth-order valence-electron chi connectivity index (χ4n) is 1.71. The molecule has 2 rings (SSSR count). The van der Waals surface area contributed by atoms with Gasteiger partial charge in [-0.2, -0.15) is 0 Å². The molecule has 0 radical (unpaired) electrons. The topological polar surface area (TPSA) is 29.1 Å². The van der Waals surface area contributed by atoms with Gasteiger partial charge in [-0.15, -0.1) is 0 Å². The van der Waals surface area contributed by atoms with Crippen LogP contribution >= 0.6 is 0 Å². The molecule has 1 N–H and O–H groups in total. The monoisotopic (exact) mass is 203 g/mol. The van der Waals surface area contributed by atoms with Gasteiger partial charge >= 0.3 is 0 Å². The summed E-state index contributed by atoms with van der Waals surface area (Å²) in [5.41, 5.74) is 1.94. The molecule has 0 spiro atoms. The fourth-order valence-corrected chi connectivity index (χ4v) is 1.71. The highest BCUT2D eigenvalue weighted by atomic mass is 16.1. The Balaban J connectivity index is 1.97. The number of amides is 1. The fraction of sp³-hybridized carbons (Fsp3) is 0.462. The molecule has 1 atom stereocenters. The molecule has 0 bridgehead atoms. The van der Waals surface area contributed by atoms with Gasteiger partial charge in [0.15, 0.2) is 0 Å². The van der Waals surface area contributed by atoms with E-state index in [1.165, 1.54) is 18.4 Å². The van der Waals surface area contributed by atoms with E-state index in [9.17, 15) is 4.79 Å². The van der Waals surface area contributed by atoms with Crippen LogP contribution in [-0.2, 0) is 0 Å². The van der Waals surface area contributed by atoms with Crippen LogP contribution in [0.2, 0.25) is 0 Å². The zero-order chi connectivity index (χ0) is 10.8. The first-order valence-electron chi connectivity index (χ1n) is 5.54. The number of aryl methyl sites for hydroxylation is 1. The quantitative estimate of drug-likeness (QED) is 0.803. The predicted octanol–water partition coefficient (Wildman–Crippen LogP) is 2.52. The van der Waals surface area contributed by atoms with Crippen molar-refractivity contribution in [2.75, 3.05) is 0 Å². The van der Waals surface area contributed by atoms with Gasteiger partial charge in [-0.3, -0.25) is 4.79 Å². The lowest BCUT2D eigenvalue weighted by Gasteiger charge is -2.12. The summed E-state index contributed by atoms with van der Waals surface area (Å²) in [6.45, 7) is 4.11. The summed E-state index contributed by atoms with van der Waals surface area (Å²) in [4.78, 5) is 11.8. The Morgan fingerprint density at radius 2 is 1.93 bits per heavy atom. The minimum Gasteiger partial charge on any atom is -0.349 e. The van der Waals surface area contributed by atoms with Crippen LogP contribution < -0.4 is 5.32 Å². The van der Waals surface area contributed by atoms with E-state index in [1.807, 2.05) is 31.2 Å². The summed E-state index contributed by atoms with van der Waals surface area (Å²) in [5.74, 6) is 0.758. The Bertz CT molecular complexity index is 351. The average molecular weight is 203 g/mol. The second kappa shape index (κ2) is 4.05. The van der Waals surface area contributed by atoms with E-state index in [2.05, 4.69) is 12.2 Å². The molecular formula is C13H17NO. The van der Waals surface area contributed by atoms with Gasteiger partial charge in [-0.1, -0.05) is 17.7 Å². The lowest BCUT2D eigenvalue weighted by molar-refractivity contribution is 0.0936. The summed E-state index contributed by atoms with van der Waals surface area (Å²) in [7, 11) is 0. The Morgan fingerprint density at radius 1 is 1.33 bits per heavy atom. The minimum absolute atomic E-state index is 0.0504. The third kappa shape index (κ3) is 2.58. The molecule has 80 valence electrons. The van der Waals surface area contributed by atoms with Crippen LogP contribution in [0.5, 0.6) is 0 Å². The first-order chi connectivity index (χ1) is 7.16. The van der Waals surface area contributed by atoms with E-state index in [0.717, 1.165) is 5.56 Å². The Labute approximate surface area is 90.7 Å². The molecule has 0 aliphatic heterocycles. The van der Waals surface area contributed by atoms with Gasteiger partial charge in [0.25, 0.3) is 5.91 Å². The Hall–Kier alpha value is -1.31. The van der Waals surface area contributed by atoms with Crippen molar-refractivity contribution in [2.45, 2.75) is 32.7 Å². The molecule has 0 aromatic heterocycles. The highest BCUT2D eigenvalue weighted by molar-refractivity contribution is 5.94. The summed E-state index contributed by atoms with van der Waals surface area (Å²) < 4.78 is 0. The van der Waals surface area contributed by atoms with Crippen molar-refractivity contribution in [1.82, 2.24) is 5.32 Å². The maximum atomic E-state index is 11.8. The van der Waals surface area contributed by atoms with Gasteiger partial charge in [-0.25, -0.2) is 0 Å². The number of nitrogens with one attached hydrogen (secondary N) is 1. The van der Waals surface area contributed by atoms with E-state index in [-0.39, 0.29) is 5.91 Å². The lowest BCUT2D eigenvalue weighted by atomic mass is 10.1. The molecule has 0 saturated heterocycles. The zero-order valence-corrected chi connectivity index (χ0v) is 9.29. The second-order valence-electron chi connectivity index (χ2n) is 4.47. The molecule has 1 aliphatic rings. The van der Waals surface area contributed by atoms with Crippen molar-refractivity contribution >= 4 is 5.91 Å². The van der Waals surface area contributed by atoms with Crippen LogP contribution in [0.1, 0.15) is 35.7 Å². The van der Waals surface area contributed by atoms with Crippen molar-refractivity contribution in [3.63, 3.8) is 0 Å². The van der Waals surface area contributed by atoms with Crippen LogP contribution in [0.3, 0.4) is 0 Å². The predicted molar refractivity (Wildman–Crippen MR) is 60.8 cm³/mol. The lowest BCUT2D eigenvalue weighted by Crippen LogP contribution is -2.33. The number of carbonyl (C=O) groups is 1. The SMILES string of the molecule is Cc1ccc(C(=O)NC(C)C2CC2)cc1. The molecule has 1 unspecified atom stereocenters. The maximum absolute atomic E-state index is 11.8. The van der Waals surface area contributed by atoms with Crippen molar-refractivity contribution in [1.29, 1.82) is 0 Å². The molecule has 2 nitrogen and oxygen atoms in total. The Kier molecular flexibility index (Phi) is 2.76.